The topological polar surface area (TPSA) is 9.72 Å². The van der Waals surface area contributed by atoms with Crippen LogP contribution in [0.3, 0.4) is 0 Å². The van der Waals surface area contributed by atoms with E-state index < -0.39 is 0 Å². The van der Waals surface area contributed by atoms with Crippen LogP contribution < -0.4 is 31.1 Å². The largest absolute Gasteiger partial charge is 0.339 e. The molecule has 2 heterocycles. The second-order valence-electron chi connectivity index (χ2n) is 18.5. The number of para-hydroxylation sites is 3. The Morgan fingerprint density at radius 1 is 0.476 bits per heavy atom. The Labute approximate surface area is 371 Å². The van der Waals surface area contributed by atoms with Crippen molar-refractivity contribution in [3.63, 3.8) is 0 Å². The summed E-state index contributed by atoms with van der Waals surface area (Å²) in [6.45, 7) is 2.47. The maximum atomic E-state index is 2.86. The molecule has 5 atom stereocenters. The maximum Gasteiger partial charge on any atom is 0.253 e. The molecule has 13 rings (SSSR count). The number of benzene rings is 8. The summed E-state index contributed by atoms with van der Waals surface area (Å²) in [5.74, 6) is 2.80. The standard InChI is InChI=1S/C59H48BN3/c1-39-33-42-34-43-35-44(56(42)43)36-53(39)63-52-32-18-30-50(41-21-9-3-10-22-41)58(52)60-57-49(40-19-7-2-8-20-40)29-17-31-51(57)62(47-27-15-6-16-28-47)54-37-48(38-55(63)59(54)60)61(45-23-11-4-12-24-45)46-25-13-5-14-26-46/h2-33,37-39,43-44,53,56H,34-36H2,1H3. The lowest BCUT2D eigenvalue weighted by atomic mass is 9.31. The van der Waals surface area contributed by atoms with Crippen LogP contribution in [-0.2, 0) is 0 Å². The highest BCUT2D eigenvalue weighted by Gasteiger charge is 2.54. The Hall–Kier alpha value is -7.04. The molecule has 8 aromatic carbocycles. The van der Waals surface area contributed by atoms with E-state index in [-0.39, 0.29) is 12.8 Å². The van der Waals surface area contributed by atoms with E-state index in [0.717, 1.165) is 40.5 Å². The monoisotopic (exact) mass is 809 g/mol. The highest BCUT2D eigenvalue weighted by Crippen LogP contribution is 2.62. The van der Waals surface area contributed by atoms with Crippen molar-refractivity contribution >= 4 is 68.6 Å². The zero-order valence-corrected chi connectivity index (χ0v) is 35.6. The van der Waals surface area contributed by atoms with Crippen LogP contribution in [0.1, 0.15) is 26.2 Å². The molecule has 0 bridgehead atoms. The van der Waals surface area contributed by atoms with Crippen molar-refractivity contribution in [3.8, 4) is 22.3 Å². The van der Waals surface area contributed by atoms with Gasteiger partial charge in [-0.15, -0.1) is 0 Å². The minimum absolute atomic E-state index is 0.0383. The highest BCUT2D eigenvalue weighted by atomic mass is 15.2. The first kappa shape index (κ1) is 36.6. The molecule has 0 aromatic heterocycles. The van der Waals surface area contributed by atoms with E-state index in [1.54, 1.807) is 5.57 Å². The smallest absolute Gasteiger partial charge is 0.253 e. The Kier molecular flexibility index (Phi) is 8.44. The van der Waals surface area contributed by atoms with Crippen LogP contribution in [-0.4, -0.2) is 12.8 Å². The summed E-state index contributed by atoms with van der Waals surface area (Å²) < 4.78 is 0. The van der Waals surface area contributed by atoms with Crippen molar-refractivity contribution in [2.75, 3.05) is 14.7 Å². The number of rotatable bonds is 7. The number of fused-ring (bicyclic) bond motifs is 4. The summed E-state index contributed by atoms with van der Waals surface area (Å²) in [6.07, 6.45) is 6.56. The molecule has 0 spiro atoms. The van der Waals surface area contributed by atoms with Crippen molar-refractivity contribution in [1.82, 2.24) is 0 Å². The lowest BCUT2D eigenvalue weighted by Crippen LogP contribution is -2.64. The first-order chi connectivity index (χ1) is 31.2. The van der Waals surface area contributed by atoms with E-state index in [9.17, 15) is 0 Å². The average Bonchev–Trinajstić information content (AvgIpc) is 3.36. The van der Waals surface area contributed by atoms with Gasteiger partial charge in [-0.2, -0.15) is 0 Å². The van der Waals surface area contributed by atoms with Gasteiger partial charge >= 0.3 is 0 Å². The molecular formula is C59H48BN3. The Bertz CT molecular complexity index is 3000. The van der Waals surface area contributed by atoms with Crippen molar-refractivity contribution in [1.29, 1.82) is 0 Å². The molecule has 3 nitrogen and oxygen atoms in total. The SMILES string of the molecule is CC1C=C2CC3CC(CC1N1c4cccc(-c5ccccc5)c4B4c5c(-c6ccccc6)cccc5N(c5ccccc5)c5cc(N(c6ccccc6)c6ccccc6)cc1c54)C23. The van der Waals surface area contributed by atoms with Gasteiger partial charge in [0.1, 0.15) is 0 Å². The van der Waals surface area contributed by atoms with E-state index in [0.29, 0.717) is 5.92 Å². The number of anilines is 8. The first-order valence-electron chi connectivity index (χ1n) is 23.0. The van der Waals surface area contributed by atoms with Gasteiger partial charge in [-0.05, 0) is 142 Å². The quantitative estimate of drug-likeness (QED) is 0.117. The molecule has 0 saturated heterocycles. The Morgan fingerprint density at radius 2 is 1.02 bits per heavy atom. The molecule has 5 unspecified atom stereocenters. The minimum atomic E-state index is -0.0383. The van der Waals surface area contributed by atoms with E-state index in [4.69, 9.17) is 0 Å². The second-order valence-corrected chi connectivity index (χ2v) is 18.5. The summed E-state index contributed by atoms with van der Waals surface area (Å²) >= 11 is 0. The number of allylic oxidation sites excluding steroid dienone is 1. The molecule has 0 N–H and O–H groups in total. The van der Waals surface area contributed by atoms with Crippen molar-refractivity contribution in [3.05, 3.63) is 212 Å². The van der Waals surface area contributed by atoms with Gasteiger partial charge in [-0.3, -0.25) is 0 Å². The third kappa shape index (κ3) is 5.67. The second kappa shape index (κ2) is 14.5. The van der Waals surface area contributed by atoms with E-state index in [1.807, 2.05) is 0 Å². The number of hydrogen-bond acceptors (Lipinski definition) is 3. The molecule has 2 fully saturated rings. The Morgan fingerprint density at radius 3 is 1.62 bits per heavy atom. The fourth-order valence-electron chi connectivity index (χ4n) is 12.5. The van der Waals surface area contributed by atoms with Gasteiger partial charge in [0.05, 0.1) is 5.69 Å². The van der Waals surface area contributed by atoms with Crippen LogP contribution >= 0.6 is 0 Å². The van der Waals surface area contributed by atoms with Crippen molar-refractivity contribution in [2.24, 2.45) is 23.7 Å². The lowest BCUT2D eigenvalue weighted by Gasteiger charge is -2.55. The van der Waals surface area contributed by atoms with Gasteiger partial charge in [0.2, 0.25) is 0 Å². The molecule has 0 amide bonds. The zero-order valence-electron chi connectivity index (χ0n) is 35.6. The fourth-order valence-corrected chi connectivity index (χ4v) is 12.5. The van der Waals surface area contributed by atoms with Crippen LogP contribution in [0, 0.1) is 23.7 Å². The van der Waals surface area contributed by atoms with Gasteiger partial charge in [0, 0.05) is 45.9 Å². The van der Waals surface area contributed by atoms with Crippen LogP contribution in [0.2, 0.25) is 0 Å². The Balaban J connectivity index is 1.17. The molecule has 2 saturated carbocycles. The van der Waals surface area contributed by atoms with E-state index in [2.05, 4.69) is 228 Å². The third-order valence-corrected chi connectivity index (χ3v) is 15.1. The van der Waals surface area contributed by atoms with Gasteiger partial charge in [0.25, 0.3) is 6.71 Å². The third-order valence-electron chi connectivity index (χ3n) is 15.1. The highest BCUT2D eigenvalue weighted by molar-refractivity contribution is 7.01. The number of hydrogen-bond donors (Lipinski definition) is 0. The van der Waals surface area contributed by atoms with Gasteiger partial charge in [0.15, 0.2) is 0 Å². The molecule has 0 radical (unpaired) electrons. The van der Waals surface area contributed by atoms with E-state index in [1.165, 1.54) is 80.7 Å². The number of nitrogens with zero attached hydrogens (tertiary/aromatic N) is 3. The predicted octanol–water partition coefficient (Wildman–Crippen LogP) is 13.2. The van der Waals surface area contributed by atoms with Gasteiger partial charge in [-0.25, -0.2) is 0 Å². The van der Waals surface area contributed by atoms with Crippen LogP contribution in [0.4, 0.5) is 45.5 Å². The summed E-state index contributed by atoms with van der Waals surface area (Å²) in [6, 6.07) is 74.8. The first-order valence-corrected chi connectivity index (χ1v) is 23.0. The fraction of sp³-hybridized carbons (Fsp3) is 0.153. The van der Waals surface area contributed by atoms with Gasteiger partial charge in [-0.1, -0.05) is 158 Å². The molecule has 302 valence electrons. The molecule has 3 aliphatic carbocycles. The summed E-state index contributed by atoms with van der Waals surface area (Å²) in [4.78, 5) is 7.90. The van der Waals surface area contributed by atoms with Crippen LogP contribution in [0.25, 0.3) is 22.3 Å². The van der Waals surface area contributed by atoms with Crippen LogP contribution in [0.5, 0.6) is 0 Å². The molecule has 4 heteroatoms. The normalized spacial score (nSPS) is 21.1. The predicted molar refractivity (Wildman–Crippen MR) is 265 cm³/mol. The summed E-state index contributed by atoms with van der Waals surface area (Å²) in [7, 11) is 0. The van der Waals surface area contributed by atoms with E-state index >= 15 is 0 Å². The zero-order chi connectivity index (χ0) is 41.6. The summed E-state index contributed by atoms with van der Waals surface area (Å²) in [5.41, 5.74) is 20.7. The average molecular weight is 810 g/mol. The molecular weight excluding hydrogens is 761 g/mol. The summed E-state index contributed by atoms with van der Waals surface area (Å²) in [5, 5.41) is 0. The maximum absolute atomic E-state index is 2.86. The van der Waals surface area contributed by atoms with Gasteiger partial charge < -0.3 is 14.7 Å². The minimum Gasteiger partial charge on any atom is -0.339 e. The van der Waals surface area contributed by atoms with Crippen molar-refractivity contribution < 1.29 is 0 Å². The molecule has 8 aromatic rings. The molecule has 5 aliphatic rings. The van der Waals surface area contributed by atoms with Crippen LogP contribution in [0.15, 0.2) is 212 Å². The molecule has 63 heavy (non-hydrogen) atoms. The molecule has 2 aliphatic heterocycles. The van der Waals surface area contributed by atoms with Crippen molar-refractivity contribution in [2.45, 2.75) is 32.2 Å². The lowest BCUT2D eigenvalue weighted by molar-refractivity contribution is 0.0327.